The van der Waals surface area contributed by atoms with Crippen LogP contribution in [0.3, 0.4) is 0 Å². The fourth-order valence-corrected chi connectivity index (χ4v) is 3.82. The average Bonchev–Trinajstić information content (AvgIpc) is 3.14. The Balaban J connectivity index is 1.47. The van der Waals surface area contributed by atoms with Crippen molar-refractivity contribution in [2.45, 2.75) is 52.1 Å². The molecule has 2 amide bonds. The van der Waals surface area contributed by atoms with Gasteiger partial charge in [0, 0.05) is 24.8 Å². The summed E-state index contributed by atoms with van der Waals surface area (Å²) < 4.78 is 1.83. The van der Waals surface area contributed by atoms with E-state index in [2.05, 4.69) is 53.5 Å². The van der Waals surface area contributed by atoms with Crippen molar-refractivity contribution in [3.63, 3.8) is 0 Å². The molecule has 6 nitrogen and oxygen atoms in total. The molecule has 2 N–H and O–H groups in total. The second-order valence-corrected chi connectivity index (χ2v) is 8.39. The largest absolute Gasteiger partial charge is 0.336 e. The molecular weight excluding hydrogens is 350 g/mol. The molecule has 2 aromatic rings. The molecular formula is C22H33N5O. The van der Waals surface area contributed by atoms with Gasteiger partial charge in [-0.25, -0.2) is 4.79 Å². The van der Waals surface area contributed by atoms with Gasteiger partial charge in [0.1, 0.15) is 0 Å². The summed E-state index contributed by atoms with van der Waals surface area (Å²) in [6.45, 7) is 10.2. The number of carbonyl (C=O) groups excluding carboxylic acids is 1. The van der Waals surface area contributed by atoms with Gasteiger partial charge in [0.15, 0.2) is 0 Å². The first-order chi connectivity index (χ1) is 13.5. The lowest BCUT2D eigenvalue weighted by Gasteiger charge is -2.43. The number of carbonyl (C=O) groups is 1. The molecule has 0 saturated carbocycles. The van der Waals surface area contributed by atoms with E-state index in [1.165, 1.54) is 24.8 Å². The van der Waals surface area contributed by atoms with Crippen LogP contribution >= 0.6 is 0 Å². The molecule has 28 heavy (non-hydrogen) atoms. The molecule has 0 radical (unpaired) electrons. The van der Waals surface area contributed by atoms with Crippen molar-refractivity contribution in [2.24, 2.45) is 5.92 Å². The Morgan fingerprint density at radius 2 is 2.07 bits per heavy atom. The molecule has 0 bridgehead atoms. The molecule has 1 aromatic heterocycles. The molecule has 1 aromatic carbocycles. The van der Waals surface area contributed by atoms with Crippen LogP contribution in [-0.4, -0.2) is 45.9 Å². The van der Waals surface area contributed by atoms with Crippen LogP contribution in [0.1, 0.15) is 45.6 Å². The summed E-state index contributed by atoms with van der Waals surface area (Å²) in [4.78, 5) is 14.9. The summed E-state index contributed by atoms with van der Waals surface area (Å²) in [6.07, 6.45) is 7.34. The van der Waals surface area contributed by atoms with Crippen LogP contribution in [0.4, 0.5) is 10.5 Å². The van der Waals surface area contributed by atoms with Crippen LogP contribution in [0, 0.1) is 5.92 Å². The predicted molar refractivity (Wildman–Crippen MR) is 113 cm³/mol. The summed E-state index contributed by atoms with van der Waals surface area (Å²) in [7, 11) is 0. The van der Waals surface area contributed by atoms with Gasteiger partial charge >= 0.3 is 6.03 Å². The Kier molecular flexibility index (Phi) is 6.73. The number of urea groups is 1. The van der Waals surface area contributed by atoms with Gasteiger partial charge in [-0.3, -0.25) is 9.58 Å². The number of piperidine rings is 1. The van der Waals surface area contributed by atoms with Crippen molar-refractivity contribution in [1.82, 2.24) is 20.0 Å². The van der Waals surface area contributed by atoms with Gasteiger partial charge in [-0.05, 0) is 44.7 Å². The maximum atomic E-state index is 12.4. The van der Waals surface area contributed by atoms with Gasteiger partial charge in [-0.15, -0.1) is 0 Å². The molecule has 0 spiro atoms. The minimum atomic E-state index is -0.184. The molecule has 2 heterocycles. The highest BCUT2D eigenvalue weighted by Gasteiger charge is 2.31. The molecule has 0 aliphatic carbocycles. The summed E-state index contributed by atoms with van der Waals surface area (Å²) in [5, 5.41) is 10.3. The van der Waals surface area contributed by atoms with Gasteiger partial charge in [-0.2, -0.15) is 5.10 Å². The smallest absolute Gasteiger partial charge is 0.319 e. The number of aromatic nitrogens is 2. The molecule has 1 fully saturated rings. The van der Waals surface area contributed by atoms with Crippen molar-refractivity contribution in [3.05, 3.63) is 48.3 Å². The lowest BCUT2D eigenvalue weighted by atomic mass is 9.91. The summed E-state index contributed by atoms with van der Waals surface area (Å²) in [6, 6.07) is 9.96. The molecule has 3 rings (SSSR count). The van der Waals surface area contributed by atoms with E-state index >= 15 is 0 Å². The van der Waals surface area contributed by atoms with Crippen molar-refractivity contribution >= 4 is 11.7 Å². The average molecular weight is 384 g/mol. The summed E-state index contributed by atoms with van der Waals surface area (Å²) in [5.74, 6) is 0.775. The van der Waals surface area contributed by atoms with Gasteiger partial charge in [0.2, 0.25) is 0 Å². The zero-order valence-electron chi connectivity index (χ0n) is 17.3. The molecule has 1 unspecified atom stereocenters. The van der Waals surface area contributed by atoms with Crippen molar-refractivity contribution < 1.29 is 4.79 Å². The molecule has 1 aliphatic rings. The van der Waals surface area contributed by atoms with Crippen molar-refractivity contribution in [2.75, 3.05) is 25.0 Å². The van der Waals surface area contributed by atoms with Crippen LogP contribution in [0.25, 0.3) is 0 Å². The fourth-order valence-electron chi connectivity index (χ4n) is 3.82. The molecule has 152 valence electrons. The van der Waals surface area contributed by atoms with Crippen molar-refractivity contribution in [3.8, 4) is 0 Å². The Hall–Kier alpha value is -2.34. The van der Waals surface area contributed by atoms with Gasteiger partial charge in [0.25, 0.3) is 0 Å². The minimum absolute atomic E-state index is 0.0529. The first kappa shape index (κ1) is 20.4. The van der Waals surface area contributed by atoms with Gasteiger partial charge in [0.05, 0.1) is 18.4 Å². The predicted octanol–water partition coefficient (Wildman–Crippen LogP) is 3.95. The molecule has 6 heteroatoms. The van der Waals surface area contributed by atoms with Crippen LogP contribution in [-0.2, 0) is 6.54 Å². The van der Waals surface area contributed by atoms with Crippen LogP contribution < -0.4 is 10.6 Å². The second-order valence-electron chi connectivity index (χ2n) is 8.39. The number of likely N-dealkylation sites (tertiary alicyclic amines) is 1. The number of nitrogens with one attached hydrogen (secondary N) is 2. The van der Waals surface area contributed by atoms with Crippen LogP contribution in [0.5, 0.6) is 0 Å². The van der Waals surface area contributed by atoms with Crippen LogP contribution in [0.2, 0.25) is 0 Å². The lowest BCUT2D eigenvalue weighted by molar-refractivity contribution is 0.0669. The van der Waals surface area contributed by atoms with E-state index in [4.69, 9.17) is 0 Å². The van der Waals surface area contributed by atoms with Crippen molar-refractivity contribution in [1.29, 1.82) is 0 Å². The Morgan fingerprint density at radius 1 is 1.29 bits per heavy atom. The highest BCUT2D eigenvalue weighted by Crippen LogP contribution is 2.25. The third kappa shape index (κ3) is 5.58. The molecule has 1 saturated heterocycles. The van der Waals surface area contributed by atoms with Gasteiger partial charge < -0.3 is 10.6 Å². The highest BCUT2D eigenvalue weighted by molar-refractivity contribution is 5.88. The number of hydrogen-bond donors (Lipinski definition) is 2. The number of hydrogen-bond acceptors (Lipinski definition) is 3. The number of benzene rings is 1. The van der Waals surface area contributed by atoms with Gasteiger partial charge in [-0.1, -0.05) is 43.7 Å². The maximum absolute atomic E-state index is 12.4. The van der Waals surface area contributed by atoms with E-state index in [0.29, 0.717) is 18.8 Å². The monoisotopic (exact) mass is 383 g/mol. The molecule has 1 aliphatic heterocycles. The Labute approximate surface area is 168 Å². The lowest BCUT2D eigenvalue weighted by Crippen LogP contribution is -2.55. The zero-order chi connectivity index (χ0) is 20.0. The standard InChI is InChI=1S/C22H33N5O/c1-4-18-11-8-12-26(14-18)22(2,3)17-23-21(28)25-20-13-24-27(16-20)15-19-9-6-5-7-10-19/h5-7,9-10,13,16,18H,4,8,11-12,14-15,17H2,1-3H3,(H2,23,25,28). The first-order valence-electron chi connectivity index (χ1n) is 10.3. The quantitative estimate of drug-likeness (QED) is 0.761. The van der Waals surface area contributed by atoms with E-state index in [9.17, 15) is 4.79 Å². The number of nitrogens with zero attached hydrogens (tertiary/aromatic N) is 3. The topological polar surface area (TPSA) is 62.2 Å². The zero-order valence-corrected chi connectivity index (χ0v) is 17.3. The summed E-state index contributed by atoms with van der Waals surface area (Å²) in [5.41, 5.74) is 1.83. The van der Waals surface area contributed by atoms with E-state index in [0.717, 1.165) is 19.0 Å². The number of rotatable bonds is 7. The van der Waals surface area contributed by atoms with E-state index < -0.39 is 0 Å². The van der Waals surface area contributed by atoms with E-state index in [1.807, 2.05) is 29.1 Å². The van der Waals surface area contributed by atoms with E-state index in [1.54, 1.807) is 6.20 Å². The van der Waals surface area contributed by atoms with E-state index in [-0.39, 0.29) is 11.6 Å². The highest BCUT2D eigenvalue weighted by atomic mass is 16.2. The fraction of sp³-hybridized carbons (Fsp3) is 0.545. The second kappa shape index (κ2) is 9.24. The normalized spacial score (nSPS) is 18.0. The maximum Gasteiger partial charge on any atom is 0.319 e. The van der Waals surface area contributed by atoms with Crippen LogP contribution in [0.15, 0.2) is 42.7 Å². The minimum Gasteiger partial charge on any atom is -0.336 e. The third-order valence-electron chi connectivity index (χ3n) is 5.71. The summed E-state index contributed by atoms with van der Waals surface area (Å²) >= 11 is 0. The Bertz CT molecular complexity index is 755. The third-order valence-corrected chi connectivity index (χ3v) is 5.71. The number of amides is 2. The molecule has 1 atom stereocenters. The Morgan fingerprint density at radius 3 is 2.82 bits per heavy atom. The number of anilines is 1. The SMILES string of the molecule is CCC1CCCN(C(C)(C)CNC(=O)Nc2cnn(Cc3ccccc3)c2)C1. The first-order valence-corrected chi connectivity index (χ1v) is 10.3.